The van der Waals surface area contributed by atoms with Crippen molar-refractivity contribution >= 4 is 39.2 Å². The summed E-state index contributed by atoms with van der Waals surface area (Å²) in [7, 11) is 3.19. The number of hydrogen-bond acceptors (Lipinski definition) is 6. The lowest BCUT2D eigenvalue weighted by Crippen LogP contribution is -2.30. The summed E-state index contributed by atoms with van der Waals surface area (Å²) in [6.07, 6.45) is 0.741. The second kappa shape index (κ2) is 9.31. The number of hydrogen-bond donors (Lipinski definition) is 2. The van der Waals surface area contributed by atoms with Gasteiger partial charge in [-0.15, -0.1) is 0 Å². The van der Waals surface area contributed by atoms with Crippen LogP contribution in [0.3, 0.4) is 0 Å². The molecule has 0 spiro atoms. The lowest BCUT2D eigenvalue weighted by molar-refractivity contribution is -0.141. The molecule has 1 aliphatic rings. The van der Waals surface area contributed by atoms with Gasteiger partial charge in [-0.2, -0.15) is 0 Å². The number of phenolic OH excluding ortho intramolecular Hbond substituents is 1. The number of likely N-dealkylation sites (N-methyl/N-ethyl adjacent to an activating group) is 1. The Morgan fingerprint density at radius 1 is 1.11 bits per heavy atom. The largest absolute Gasteiger partial charge is 0.507 e. The SMILES string of the molecule is COC(=O)CN(C)CCOc1ccc2[nH]c(C(=O)N3CCc4c3cc(O)c3ccccc43)cc2c1. The standard InChI is InChI=1S/C27H27N3O5/c1-29(16-26(32)34-2)11-12-35-18-7-8-22-17(13-18)14-23(28-22)27(33)30-10-9-20-19-5-3-4-6-21(19)25(31)15-24(20)30/h3-8,13-15,28,31H,9-12,16H2,1-2H3. The van der Waals surface area contributed by atoms with Crippen LogP contribution in [0.25, 0.3) is 21.7 Å². The molecule has 0 atom stereocenters. The molecule has 0 bridgehead atoms. The Hall–Kier alpha value is -4.04. The van der Waals surface area contributed by atoms with Crippen LogP contribution >= 0.6 is 0 Å². The van der Waals surface area contributed by atoms with E-state index in [1.165, 1.54) is 7.11 Å². The molecule has 0 saturated carbocycles. The number of amides is 1. The number of aromatic amines is 1. The molecule has 3 aromatic carbocycles. The van der Waals surface area contributed by atoms with E-state index in [9.17, 15) is 14.7 Å². The van der Waals surface area contributed by atoms with Gasteiger partial charge in [-0.25, -0.2) is 0 Å². The first kappa shape index (κ1) is 22.7. The van der Waals surface area contributed by atoms with Gasteiger partial charge < -0.3 is 24.5 Å². The Labute approximate surface area is 202 Å². The average molecular weight is 474 g/mol. The van der Waals surface area contributed by atoms with E-state index in [0.717, 1.165) is 39.3 Å². The summed E-state index contributed by atoms with van der Waals surface area (Å²) in [6.45, 7) is 1.75. The van der Waals surface area contributed by atoms with Gasteiger partial charge in [0, 0.05) is 35.4 Å². The normalized spacial score (nSPS) is 12.9. The molecule has 0 unspecified atom stereocenters. The van der Waals surface area contributed by atoms with Gasteiger partial charge >= 0.3 is 5.97 Å². The van der Waals surface area contributed by atoms with Crippen LogP contribution in [0.4, 0.5) is 5.69 Å². The minimum Gasteiger partial charge on any atom is -0.507 e. The Kier molecular flexibility index (Phi) is 6.05. The molecule has 1 amide bonds. The number of ether oxygens (including phenoxy) is 2. The number of methoxy groups -OCH3 is 1. The molecule has 8 nitrogen and oxygen atoms in total. The van der Waals surface area contributed by atoms with Gasteiger partial charge in [0.1, 0.15) is 23.8 Å². The van der Waals surface area contributed by atoms with Crippen LogP contribution in [-0.4, -0.2) is 67.3 Å². The molecule has 2 N–H and O–H groups in total. The number of H-pyrrole nitrogens is 1. The fraction of sp³-hybridized carbons (Fsp3) is 0.259. The first-order chi connectivity index (χ1) is 16.9. The quantitative estimate of drug-likeness (QED) is 0.398. The fourth-order valence-electron chi connectivity index (χ4n) is 4.60. The number of esters is 1. The van der Waals surface area contributed by atoms with E-state index in [4.69, 9.17) is 4.74 Å². The van der Waals surface area contributed by atoms with E-state index in [1.807, 2.05) is 60.5 Å². The number of aromatic hydroxyl groups is 1. The van der Waals surface area contributed by atoms with Gasteiger partial charge in [0.2, 0.25) is 0 Å². The highest BCUT2D eigenvalue weighted by molar-refractivity contribution is 6.10. The molecule has 2 heterocycles. The molecule has 0 saturated heterocycles. The van der Waals surface area contributed by atoms with Crippen molar-refractivity contribution in [1.82, 2.24) is 9.88 Å². The highest BCUT2D eigenvalue weighted by Gasteiger charge is 2.29. The van der Waals surface area contributed by atoms with Crippen molar-refractivity contribution in [2.24, 2.45) is 0 Å². The third kappa shape index (κ3) is 4.40. The first-order valence-electron chi connectivity index (χ1n) is 11.5. The highest BCUT2D eigenvalue weighted by atomic mass is 16.5. The highest BCUT2D eigenvalue weighted by Crippen LogP contribution is 2.40. The van der Waals surface area contributed by atoms with Crippen LogP contribution in [0.2, 0.25) is 0 Å². The molecule has 5 rings (SSSR count). The van der Waals surface area contributed by atoms with Gasteiger partial charge in [0.25, 0.3) is 5.91 Å². The molecule has 0 aliphatic carbocycles. The van der Waals surface area contributed by atoms with Crippen LogP contribution in [0, 0.1) is 0 Å². The zero-order chi connectivity index (χ0) is 24.5. The number of carbonyl (C=O) groups excluding carboxylic acids is 2. The minimum absolute atomic E-state index is 0.137. The van der Waals surface area contributed by atoms with Gasteiger partial charge in [-0.05, 0) is 48.7 Å². The van der Waals surface area contributed by atoms with E-state index in [1.54, 1.807) is 11.0 Å². The Morgan fingerprint density at radius 2 is 1.91 bits per heavy atom. The van der Waals surface area contributed by atoms with Crippen LogP contribution in [0.1, 0.15) is 16.1 Å². The number of nitrogens with zero attached hydrogens (tertiary/aromatic N) is 2. The molecular formula is C27H27N3O5. The monoisotopic (exact) mass is 473 g/mol. The maximum atomic E-state index is 13.4. The summed E-state index contributed by atoms with van der Waals surface area (Å²) >= 11 is 0. The van der Waals surface area contributed by atoms with Gasteiger partial charge in [-0.3, -0.25) is 14.5 Å². The number of benzene rings is 3. The van der Waals surface area contributed by atoms with Crippen molar-refractivity contribution in [3.05, 3.63) is 65.9 Å². The molecule has 1 aliphatic heterocycles. The predicted octanol–water partition coefficient (Wildman–Crippen LogP) is 3.71. The number of carbonyl (C=O) groups is 2. The minimum atomic E-state index is -0.289. The number of anilines is 1. The Bertz CT molecular complexity index is 1430. The molecule has 180 valence electrons. The molecule has 8 heteroatoms. The zero-order valence-corrected chi connectivity index (χ0v) is 19.7. The number of phenols is 1. The molecule has 0 radical (unpaired) electrons. The summed E-state index contributed by atoms with van der Waals surface area (Å²) in [5, 5.41) is 13.2. The summed E-state index contributed by atoms with van der Waals surface area (Å²) in [6, 6.07) is 16.9. The molecule has 35 heavy (non-hydrogen) atoms. The van der Waals surface area contributed by atoms with Crippen molar-refractivity contribution in [3.63, 3.8) is 0 Å². The molecule has 0 fully saturated rings. The maximum Gasteiger partial charge on any atom is 0.319 e. The number of nitrogens with one attached hydrogen (secondary N) is 1. The predicted molar refractivity (Wildman–Crippen MR) is 134 cm³/mol. The Balaban J connectivity index is 1.32. The average Bonchev–Trinajstić information content (AvgIpc) is 3.48. The summed E-state index contributed by atoms with van der Waals surface area (Å²) in [5.74, 6) is 0.434. The van der Waals surface area contributed by atoms with Gasteiger partial charge in [0.15, 0.2) is 0 Å². The second-order valence-corrected chi connectivity index (χ2v) is 8.74. The molecule has 4 aromatic rings. The van der Waals surface area contributed by atoms with E-state index in [0.29, 0.717) is 31.1 Å². The van der Waals surface area contributed by atoms with Crippen molar-refractivity contribution in [2.45, 2.75) is 6.42 Å². The fourth-order valence-corrected chi connectivity index (χ4v) is 4.60. The molecular weight excluding hydrogens is 446 g/mol. The smallest absolute Gasteiger partial charge is 0.319 e. The second-order valence-electron chi connectivity index (χ2n) is 8.74. The van der Waals surface area contributed by atoms with Crippen molar-refractivity contribution in [2.75, 3.05) is 45.3 Å². The van der Waals surface area contributed by atoms with E-state index >= 15 is 0 Å². The van der Waals surface area contributed by atoms with Crippen molar-refractivity contribution < 1.29 is 24.2 Å². The third-order valence-electron chi connectivity index (χ3n) is 6.42. The van der Waals surface area contributed by atoms with Gasteiger partial charge in [0.05, 0.1) is 19.3 Å². The maximum absolute atomic E-state index is 13.4. The Morgan fingerprint density at radius 3 is 2.71 bits per heavy atom. The van der Waals surface area contributed by atoms with Crippen LogP contribution < -0.4 is 9.64 Å². The molecule has 1 aromatic heterocycles. The van der Waals surface area contributed by atoms with E-state index in [-0.39, 0.29) is 24.2 Å². The van der Waals surface area contributed by atoms with Crippen LogP contribution in [-0.2, 0) is 16.0 Å². The zero-order valence-electron chi connectivity index (χ0n) is 19.7. The number of fused-ring (bicyclic) bond motifs is 4. The first-order valence-corrected chi connectivity index (χ1v) is 11.5. The summed E-state index contributed by atoms with van der Waals surface area (Å²) in [4.78, 5) is 31.5. The lowest BCUT2D eigenvalue weighted by Gasteiger charge is -2.17. The lowest BCUT2D eigenvalue weighted by atomic mass is 10.0. The van der Waals surface area contributed by atoms with Crippen molar-refractivity contribution in [3.8, 4) is 11.5 Å². The number of rotatable bonds is 7. The van der Waals surface area contributed by atoms with Crippen LogP contribution in [0.15, 0.2) is 54.6 Å². The van der Waals surface area contributed by atoms with Gasteiger partial charge in [-0.1, -0.05) is 24.3 Å². The third-order valence-corrected chi connectivity index (χ3v) is 6.42. The topological polar surface area (TPSA) is 95.1 Å². The summed E-state index contributed by atoms with van der Waals surface area (Å²) < 4.78 is 10.5. The number of aromatic nitrogens is 1. The van der Waals surface area contributed by atoms with E-state index < -0.39 is 0 Å². The van der Waals surface area contributed by atoms with E-state index in [2.05, 4.69) is 9.72 Å². The van der Waals surface area contributed by atoms with Crippen LogP contribution in [0.5, 0.6) is 11.5 Å². The summed E-state index contributed by atoms with van der Waals surface area (Å²) in [5.41, 5.74) is 3.15. The van der Waals surface area contributed by atoms with Crippen molar-refractivity contribution in [1.29, 1.82) is 0 Å².